The number of hydrazone groups is 1. The highest BCUT2D eigenvalue weighted by Gasteiger charge is 2.46. The number of para-hydroxylation sites is 1. The van der Waals surface area contributed by atoms with Gasteiger partial charge in [0.05, 0.1) is 31.2 Å². The SMILES string of the molecule is C=COc1cn(C2(C)CC=C(N3CC(F)(F)C3)C=C2F)nc(C2CC=NN2c2ccccc2)c1=O. The van der Waals surface area contributed by atoms with Crippen LogP contribution in [0.1, 0.15) is 31.5 Å². The Morgan fingerprint density at radius 3 is 2.63 bits per heavy atom. The van der Waals surface area contributed by atoms with Crippen molar-refractivity contribution in [3.63, 3.8) is 0 Å². The Kier molecular flexibility index (Phi) is 5.53. The zero-order valence-electron chi connectivity index (χ0n) is 19.1. The Morgan fingerprint density at radius 1 is 1.23 bits per heavy atom. The van der Waals surface area contributed by atoms with Gasteiger partial charge in [-0.25, -0.2) is 13.2 Å². The summed E-state index contributed by atoms with van der Waals surface area (Å²) in [6.07, 6.45) is 7.71. The predicted octanol–water partition coefficient (Wildman–Crippen LogP) is 4.51. The fraction of sp³-hybridized carbons (Fsp3) is 0.320. The number of hydrogen-bond donors (Lipinski definition) is 0. The van der Waals surface area contributed by atoms with E-state index in [4.69, 9.17) is 4.74 Å². The molecule has 182 valence electrons. The minimum atomic E-state index is -2.76. The molecule has 0 N–H and O–H groups in total. The van der Waals surface area contributed by atoms with Crippen LogP contribution in [-0.2, 0) is 5.54 Å². The molecular weight excluding hydrogens is 459 g/mol. The van der Waals surface area contributed by atoms with Gasteiger partial charge in [0.2, 0.25) is 5.43 Å². The first-order valence-electron chi connectivity index (χ1n) is 11.2. The maximum Gasteiger partial charge on any atom is 0.282 e. The first-order chi connectivity index (χ1) is 16.7. The zero-order chi connectivity index (χ0) is 24.8. The lowest BCUT2D eigenvalue weighted by Crippen LogP contribution is -2.55. The molecule has 1 aromatic carbocycles. The predicted molar refractivity (Wildman–Crippen MR) is 126 cm³/mol. The van der Waals surface area contributed by atoms with E-state index in [2.05, 4.69) is 16.8 Å². The molecule has 2 aromatic rings. The van der Waals surface area contributed by atoms with Gasteiger partial charge in [-0.1, -0.05) is 30.9 Å². The van der Waals surface area contributed by atoms with Gasteiger partial charge in [-0.15, -0.1) is 0 Å². The van der Waals surface area contributed by atoms with Crippen molar-refractivity contribution in [1.82, 2.24) is 14.7 Å². The van der Waals surface area contributed by atoms with E-state index in [0.717, 1.165) is 11.9 Å². The Labute approximate surface area is 200 Å². The third-order valence-electron chi connectivity index (χ3n) is 6.50. The molecule has 1 aromatic heterocycles. The molecule has 1 fully saturated rings. The van der Waals surface area contributed by atoms with Crippen molar-refractivity contribution in [3.05, 3.63) is 89.0 Å². The normalized spacial score (nSPS) is 25.1. The van der Waals surface area contributed by atoms with E-state index in [1.54, 1.807) is 24.2 Å². The van der Waals surface area contributed by atoms with Crippen molar-refractivity contribution in [2.75, 3.05) is 18.1 Å². The number of rotatable bonds is 6. The van der Waals surface area contributed by atoms with Crippen LogP contribution >= 0.6 is 0 Å². The molecule has 5 rings (SSSR count). The van der Waals surface area contributed by atoms with Crippen LogP contribution in [0.4, 0.5) is 18.9 Å². The number of hydrogen-bond acceptors (Lipinski definition) is 6. The Bertz CT molecular complexity index is 1300. The van der Waals surface area contributed by atoms with Gasteiger partial charge in [-0.3, -0.25) is 14.5 Å². The largest absolute Gasteiger partial charge is 0.460 e. The molecule has 3 heterocycles. The average Bonchev–Trinajstić information content (AvgIpc) is 3.31. The van der Waals surface area contributed by atoms with Gasteiger partial charge in [0.15, 0.2) is 5.75 Å². The summed E-state index contributed by atoms with van der Waals surface area (Å²) in [5.41, 5.74) is -0.384. The lowest BCUT2D eigenvalue weighted by molar-refractivity contribution is -0.115. The van der Waals surface area contributed by atoms with Crippen molar-refractivity contribution in [2.24, 2.45) is 5.10 Å². The summed E-state index contributed by atoms with van der Waals surface area (Å²) in [6.45, 7) is 4.29. The Balaban J connectivity index is 1.52. The number of anilines is 1. The summed E-state index contributed by atoms with van der Waals surface area (Å²) in [5, 5.41) is 10.7. The van der Waals surface area contributed by atoms with Crippen molar-refractivity contribution in [3.8, 4) is 5.75 Å². The highest BCUT2D eigenvalue weighted by atomic mass is 19.3. The first kappa shape index (κ1) is 22.9. The molecule has 3 aliphatic rings. The summed E-state index contributed by atoms with van der Waals surface area (Å²) in [7, 11) is 0. The van der Waals surface area contributed by atoms with Gasteiger partial charge < -0.3 is 9.64 Å². The summed E-state index contributed by atoms with van der Waals surface area (Å²) >= 11 is 0. The molecule has 10 heteroatoms. The van der Waals surface area contributed by atoms with E-state index >= 15 is 4.39 Å². The van der Waals surface area contributed by atoms with Crippen molar-refractivity contribution in [1.29, 1.82) is 0 Å². The number of nitrogens with zero attached hydrogens (tertiary/aromatic N) is 5. The zero-order valence-corrected chi connectivity index (χ0v) is 19.1. The fourth-order valence-electron chi connectivity index (χ4n) is 4.46. The lowest BCUT2D eigenvalue weighted by Gasteiger charge is -2.43. The molecule has 1 aliphatic carbocycles. The molecule has 2 unspecified atom stereocenters. The quantitative estimate of drug-likeness (QED) is 0.566. The third-order valence-corrected chi connectivity index (χ3v) is 6.50. The van der Waals surface area contributed by atoms with Crippen LogP contribution < -0.4 is 15.2 Å². The van der Waals surface area contributed by atoms with Gasteiger partial charge in [0, 0.05) is 18.3 Å². The molecule has 35 heavy (non-hydrogen) atoms. The standard InChI is InChI=1S/C25H24F3N5O2/c1-3-35-20-14-32(24(2)11-9-18(13-21(24)26)31-15-25(27,28)16-31)30-22(23(20)34)19-10-12-29-33(19)17-7-5-4-6-8-17/h3-9,12-14,19H,1,10-11,15-16H2,2H3. The highest BCUT2D eigenvalue weighted by Crippen LogP contribution is 2.40. The number of ether oxygens (including phenoxy) is 1. The summed E-state index contributed by atoms with van der Waals surface area (Å²) in [4.78, 5) is 14.7. The van der Waals surface area contributed by atoms with Crippen LogP contribution in [0, 0.1) is 0 Å². The smallest absolute Gasteiger partial charge is 0.282 e. The maximum atomic E-state index is 15.5. The monoisotopic (exact) mass is 483 g/mol. The van der Waals surface area contributed by atoms with Gasteiger partial charge in [0.1, 0.15) is 23.1 Å². The van der Waals surface area contributed by atoms with Gasteiger partial charge in [0.25, 0.3) is 5.92 Å². The third kappa shape index (κ3) is 4.02. The number of alkyl halides is 2. The van der Waals surface area contributed by atoms with E-state index < -0.39 is 41.8 Å². The minimum absolute atomic E-state index is 0.0453. The number of allylic oxidation sites excluding steroid dienone is 3. The number of halogens is 3. The van der Waals surface area contributed by atoms with Crippen LogP contribution in [0.15, 0.2) is 82.9 Å². The van der Waals surface area contributed by atoms with E-state index in [0.29, 0.717) is 12.1 Å². The first-order valence-corrected chi connectivity index (χ1v) is 11.2. The lowest BCUT2D eigenvalue weighted by atomic mass is 9.90. The summed E-state index contributed by atoms with van der Waals surface area (Å²) in [5.74, 6) is -3.36. The van der Waals surface area contributed by atoms with E-state index in [-0.39, 0.29) is 17.9 Å². The number of benzene rings is 1. The molecule has 0 saturated carbocycles. The van der Waals surface area contributed by atoms with E-state index in [1.165, 1.54) is 21.9 Å². The second-order valence-corrected chi connectivity index (χ2v) is 8.98. The number of likely N-dealkylation sites (tertiary alicyclic amines) is 1. The molecular formula is C25H24F3N5O2. The molecule has 2 atom stereocenters. The molecule has 1 saturated heterocycles. The minimum Gasteiger partial charge on any atom is -0.460 e. The van der Waals surface area contributed by atoms with Gasteiger partial charge in [-0.2, -0.15) is 10.2 Å². The van der Waals surface area contributed by atoms with Gasteiger partial charge >= 0.3 is 0 Å². The highest BCUT2D eigenvalue weighted by molar-refractivity contribution is 5.67. The van der Waals surface area contributed by atoms with Crippen molar-refractivity contribution >= 4 is 11.9 Å². The Morgan fingerprint density at radius 2 is 1.97 bits per heavy atom. The average molecular weight is 483 g/mol. The molecule has 0 bridgehead atoms. The molecule has 0 amide bonds. The van der Waals surface area contributed by atoms with Crippen LogP contribution in [-0.4, -0.2) is 39.9 Å². The van der Waals surface area contributed by atoms with Crippen LogP contribution in [0.2, 0.25) is 0 Å². The summed E-state index contributed by atoms with van der Waals surface area (Å²) in [6, 6.07) is 8.83. The molecule has 0 radical (unpaired) electrons. The second kappa shape index (κ2) is 8.44. The maximum absolute atomic E-state index is 15.5. The van der Waals surface area contributed by atoms with Crippen molar-refractivity contribution < 1.29 is 17.9 Å². The van der Waals surface area contributed by atoms with Gasteiger partial charge in [-0.05, 0) is 31.6 Å². The molecule has 0 spiro atoms. The van der Waals surface area contributed by atoms with E-state index in [9.17, 15) is 13.6 Å². The fourth-order valence-corrected chi connectivity index (χ4v) is 4.46. The number of aromatic nitrogens is 2. The van der Waals surface area contributed by atoms with Crippen molar-refractivity contribution in [2.45, 2.75) is 37.3 Å². The molecule has 7 nitrogen and oxygen atoms in total. The second-order valence-electron chi connectivity index (χ2n) is 8.98. The van der Waals surface area contributed by atoms with Crippen LogP contribution in [0.25, 0.3) is 0 Å². The van der Waals surface area contributed by atoms with E-state index in [1.807, 2.05) is 30.3 Å². The summed E-state index contributed by atoms with van der Waals surface area (Å²) < 4.78 is 48.9. The molecule has 2 aliphatic heterocycles. The Hall–Kier alpha value is -3.82. The van der Waals surface area contributed by atoms with Crippen LogP contribution in [0.5, 0.6) is 5.75 Å². The van der Waals surface area contributed by atoms with Crippen LogP contribution in [0.3, 0.4) is 0 Å². The topological polar surface area (TPSA) is 63.0 Å².